The van der Waals surface area contributed by atoms with Crippen molar-refractivity contribution in [2.75, 3.05) is 6.61 Å². The van der Waals surface area contributed by atoms with E-state index in [1.165, 1.54) is 0 Å². The number of hydrogen-bond acceptors (Lipinski definition) is 3. The first kappa shape index (κ1) is 19.1. The number of ether oxygens (including phenoxy) is 1. The van der Waals surface area contributed by atoms with E-state index in [0.717, 1.165) is 24.5 Å². The zero-order valence-electron chi connectivity index (χ0n) is 13.1. The van der Waals surface area contributed by atoms with Gasteiger partial charge in [0.05, 0.1) is 14.7 Å². The average molecular weight is 519 g/mol. The summed E-state index contributed by atoms with van der Waals surface area (Å²) in [6.07, 6.45) is 0. The molecule has 0 aliphatic carbocycles. The molecule has 0 radical (unpaired) electrons. The van der Waals surface area contributed by atoms with Crippen molar-refractivity contribution < 1.29 is 9.53 Å². The molecule has 0 aliphatic rings. The number of halogens is 3. The molecule has 0 aromatic heterocycles. The number of hydrogen-bond donors (Lipinski definition) is 1. The van der Waals surface area contributed by atoms with Crippen LogP contribution >= 0.6 is 47.8 Å². The number of nitrogens with zero attached hydrogens (tertiary/aromatic N) is 1. The lowest BCUT2D eigenvalue weighted by Gasteiger charge is -2.10. The standard InChI is InChI=1S/C17H15Br3N2O2/c1-10-6-14(19)17(15(20)7-10)24-9-16(23)22-21-11(2)12-4-3-5-13(18)8-12/h3-8H,9H2,1-2H3,(H,22,23). The van der Waals surface area contributed by atoms with E-state index in [1.807, 2.05) is 50.2 Å². The molecule has 1 amide bonds. The number of nitrogens with one attached hydrogen (secondary N) is 1. The Balaban J connectivity index is 1.96. The molecule has 4 nitrogen and oxygen atoms in total. The summed E-state index contributed by atoms with van der Waals surface area (Å²) in [7, 11) is 0. The number of aryl methyl sites for hydroxylation is 1. The molecule has 0 heterocycles. The van der Waals surface area contributed by atoms with Gasteiger partial charge in [0.1, 0.15) is 5.75 Å². The second-order valence-electron chi connectivity index (χ2n) is 5.09. The van der Waals surface area contributed by atoms with Gasteiger partial charge in [-0.3, -0.25) is 4.79 Å². The third kappa shape index (κ3) is 5.43. The second kappa shape index (κ2) is 8.78. The molecule has 2 aromatic rings. The van der Waals surface area contributed by atoms with Crippen LogP contribution < -0.4 is 10.2 Å². The fourth-order valence-corrected chi connectivity index (χ4v) is 3.96. The lowest BCUT2D eigenvalue weighted by Crippen LogP contribution is -2.25. The Kier molecular flexibility index (Phi) is 7.01. The van der Waals surface area contributed by atoms with Crippen LogP contribution in [0.4, 0.5) is 0 Å². The zero-order chi connectivity index (χ0) is 17.7. The summed E-state index contributed by atoms with van der Waals surface area (Å²) in [5.74, 6) is 0.257. The number of benzene rings is 2. The van der Waals surface area contributed by atoms with Gasteiger partial charge in [-0.2, -0.15) is 5.10 Å². The van der Waals surface area contributed by atoms with E-state index >= 15 is 0 Å². The Morgan fingerprint density at radius 2 is 1.83 bits per heavy atom. The summed E-state index contributed by atoms with van der Waals surface area (Å²) in [6.45, 7) is 3.68. The minimum atomic E-state index is -0.330. The van der Waals surface area contributed by atoms with Gasteiger partial charge in [-0.05, 0) is 81.1 Å². The molecule has 0 unspecified atom stereocenters. The minimum Gasteiger partial charge on any atom is -0.481 e. The van der Waals surface area contributed by atoms with Crippen LogP contribution in [0.15, 0.2) is 54.9 Å². The van der Waals surface area contributed by atoms with Crippen molar-refractivity contribution in [1.82, 2.24) is 5.43 Å². The Labute approximate surface area is 166 Å². The number of hydrazone groups is 1. The van der Waals surface area contributed by atoms with E-state index in [2.05, 4.69) is 58.3 Å². The molecule has 1 N–H and O–H groups in total. The molecule has 24 heavy (non-hydrogen) atoms. The Bertz CT molecular complexity index is 768. The summed E-state index contributed by atoms with van der Waals surface area (Å²) in [6, 6.07) is 11.5. The van der Waals surface area contributed by atoms with Crippen LogP contribution in [0.1, 0.15) is 18.1 Å². The van der Waals surface area contributed by atoms with Gasteiger partial charge >= 0.3 is 0 Å². The predicted octanol–water partition coefficient (Wildman–Crippen LogP) is 5.20. The Hall–Kier alpha value is -1.18. The highest BCUT2D eigenvalue weighted by atomic mass is 79.9. The molecule has 0 spiro atoms. The predicted molar refractivity (Wildman–Crippen MR) is 107 cm³/mol. The molecule has 126 valence electrons. The van der Waals surface area contributed by atoms with E-state index < -0.39 is 0 Å². The van der Waals surface area contributed by atoms with Gasteiger partial charge in [-0.25, -0.2) is 5.43 Å². The molecule has 0 atom stereocenters. The van der Waals surface area contributed by atoms with Crippen LogP contribution in [-0.4, -0.2) is 18.2 Å². The molecule has 0 saturated heterocycles. The van der Waals surface area contributed by atoms with Crippen molar-refractivity contribution in [2.45, 2.75) is 13.8 Å². The number of carbonyl (C=O) groups is 1. The van der Waals surface area contributed by atoms with Crippen molar-refractivity contribution in [3.63, 3.8) is 0 Å². The molecule has 0 aliphatic heterocycles. The van der Waals surface area contributed by atoms with E-state index in [1.54, 1.807) is 0 Å². The van der Waals surface area contributed by atoms with E-state index in [-0.39, 0.29) is 12.5 Å². The first-order valence-electron chi connectivity index (χ1n) is 7.04. The van der Waals surface area contributed by atoms with Gasteiger partial charge in [-0.1, -0.05) is 28.1 Å². The third-order valence-electron chi connectivity index (χ3n) is 3.08. The van der Waals surface area contributed by atoms with Crippen molar-refractivity contribution in [3.05, 3.63) is 60.9 Å². The zero-order valence-corrected chi connectivity index (χ0v) is 17.8. The summed E-state index contributed by atoms with van der Waals surface area (Å²) in [5.41, 5.74) is 5.22. The summed E-state index contributed by atoms with van der Waals surface area (Å²) < 4.78 is 8.09. The summed E-state index contributed by atoms with van der Waals surface area (Å²) >= 11 is 10.3. The van der Waals surface area contributed by atoms with Crippen LogP contribution in [0, 0.1) is 6.92 Å². The van der Waals surface area contributed by atoms with E-state index in [9.17, 15) is 4.79 Å². The Morgan fingerprint density at radius 3 is 2.46 bits per heavy atom. The van der Waals surface area contributed by atoms with Crippen molar-refractivity contribution >= 4 is 59.4 Å². The largest absolute Gasteiger partial charge is 0.481 e. The second-order valence-corrected chi connectivity index (χ2v) is 7.71. The molecular formula is C17H15Br3N2O2. The van der Waals surface area contributed by atoms with Gasteiger partial charge in [0, 0.05) is 4.47 Å². The van der Waals surface area contributed by atoms with Crippen LogP contribution in [0.25, 0.3) is 0 Å². The van der Waals surface area contributed by atoms with Crippen molar-refractivity contribution in [2.24, 2.45) is 5.10 Å². The molecule has 0 saturated carbocycles. The SMILES string of the molecule is CC(=NNC(=O)COc1c(Br)cc(C)cc1Br)c1cccc(Br)c1. The monoisotopic (exact) mass is 516 g/mol. The van der Waals surface area contributed by atoms with Crippen molar-refractivity contribution in [3.8, 4) is 5.75 Å². The van der Waals surface area contributed by atoms with Crippen LogP contribution in [-0.2, 0) is 4.79 Å². The highest BCUT2D eigenvalue weighted by Crippen LogP contribution is 2.34. The fraction of sp³-hybridized carbons (Fsp3) is 0.176. The lowest BCUT2D eigenvalue weighted by atomic mass is 10.1. The quantitative estimate of drug-likeness (QED) is 0.437. The first-order chi connectivity index (χ1) is 11.4. The normalized spacial score (nSPS) is 11.3. The molecule has 7 heteroatoms. The Morgan fingerprint density at radius 1 is 1.17 bits per heavy atom. The van der Waals surface area contributed by atoms with Gasteiger partial charge in [-0.15, -0.1) is 0 Å². The van der Waals surface area contributed by atoms with Gasteiger partial charge in [0.2, 0.25) is 0 Å². The van der Waals surface area contributed by atoms with E-state index in [0.29, 0.717) is 11.5 Å². The molecule has 2 rings (SSSR count). The van der Waals surface area contributed by atoms with Gasteiger partial charge in [0.15, 0.2) is 6.61 Å². The number of rotatable bonds is 5. The third-order valence-corrected chi connectivity index (χ3v) is 4.75. The molecule has 0 bridgehead atoms. The van der Waals surface area contributed by atoms with Crippen LogP contribution in [0.3, 0.4) is 0 Å². The molecule has 2 aromatic carbocycles. The number of carbonyl (C=O) groups excluding carboxylic acids is 1. The van der Waals surface area contributed by atoms with Crippen molar-refractivity contribution in [1.29, 1.82) is 0 Å². The molecule has 0 fully saturated rings. The maximum Gasteiger partial charge on any atom is 0.277 e. The van der Waals surface area contributed by atoms with E-state index in [4.69, 9.17) is 4.74 Å². The smallest absolute Gasteiger partial charge is 0.277 e. The van der Waals surface area contributed by atoms with Gasteiger partial charge < -0.3 is 4.74 Å². The maximum atomic E-state index is 11.9. The highest BCUT2D eigenvalue weighted by molar-refractivity contribution is 9.11. The number of amides is 1. The minimum absolute atomic E-state index is 0.129. The maximum absolute atomic E-state index is 11.9. The fourth-order valence-electron chi connectivity index (χ4n) is 1.92. The van der Waals surface area contributed by atoms with Crippen LogP contribution in [0.5, 0.6) is 5.75 Å². The summed E-state index contributed by atoms with van der Waals surface area (Å²) in [4.78, 5) is 11.9. The first-order valence-corrected chi connectivity index (χ1v) is 9.42. The van der Waals surface area contributed by atoms with Gasteiger partial charge in [0.25, 0.3) is 5.91 Å². The topological polar surface area (TPSA) is 50.7 Å². The van der Waals surface area contributed by atoms with Crippen LogP contribution in [0.2, 0.25) is 0 Å². The average Bonchev–Trinajstić information content (AvgIpc) is 2.51. The lowest BCUT2D eigenvalue weighted by molar-refractivity contribution is -0.123. The highest BCUT2D eigenvalue weighted by Gasteiger charge is 2.10. The molecular weight excluding hydrogens is 504 g/mol. The summed E-state index contributed by atoms with van der Waals surface area (Å²) in [5, 5.41) is 4.10.